The topological polar surface area (TPSA) is 22.4 Å². The Labute approximate surface area is 91.0 Å². The Morgan fingerprint density at radius 1 is 1.21 bits per heavy atom. The number of rotatable bonds is 8. The molecule has 0 saturated carbocycles. The number of hydrogen-bond donors (Lipinski definition) is 1. The van der Waals surface area contributed by atoms with Crippen LogP contribution in [0, 0.1) is 0 Å². The van der Waals surface area contributed by atoms with E-state index in [1.54, 1.807) is 6.26 Å². The molecule has 0 atom stereocenters. The van der Waals surface area contributed by atoms with Gasteiger partial charge in [-0.1, -0.05) is 12.8 Å². The Morgan fingerprint density at radius 3 is 2.79 bits per heavy atom. The van der Waals surface area contributed by atoms with Gasteiger partial charge in [-0.15, -0.1) is 0 Å². The van der Waals surface area contributed by atoms with Crippen molar-refractivity contribution in [3.8, 4) is 0 Å². The van der Waals surface area contributed by atoms with Crippen LogP contribution in [-0.4, -0.2) is 12.4 Å². The van der Waals surface area contributed by atoms with Gasteiger partial charge in [-0.25, -0.2) is 0 Å². The van der Waals surface area contributed by atoms with E-state index >= 15 is 0 Å². The zero-order valence-corrected chi connectivity index (χ0v) is 9.34. The van der Waals surface area contributed by atoms with Crippen LogP contribution in [0.3, 0.4) is 0 Å². The quantitative estimate of drug-likeness (QED) is 0.530. The van der Waals surface area contributed by atoms with Crippen molar-refractivity contribution in [1.29, 1.82) is 0 Å². The van der Waals surface area contributed by atoms with Crippen molar-refractivity contribution in [2.24, 2.45) is 0 Å². The molecule has 0 N–H and O–H groups in total. The lowest BCUT2D eigenvalue weighted by atomic mass is 10.2. The summed E-state index contributed by atoms with van der Waals surface area (Å²) in [5.41, 5.74) is 0. The van der Waals surface area contributed by atoms with E-state index in [1.807, 2.05) is 12.1 Å². The van der Waals surface area contributed by atoms with Gasteiger partial charge in [0.05, 0.1) is 6.26 Å². The Kier molecular flexibility index (Phi) is 6.62. The Morgan fingerprint density at radius 2 is 2.07 bits per heavy atom. The van der Waals surface area contributed by atoms with Crippen molar-refractivity contribution in [2.75, 3.05) is 12.4 Å². The second kappa shape index (κ2) is 7.94. The Balaban J connectivity index is 1.85. The Hall–Kier alpha value is -0.410. The molecule has 2 nitrogen and oxygen atoms in total. The van der Waals surface area contributed by atoms with Gasteiger partial charge in [-0.05, 0) is 30.7 Å². The predicted molar refractivity (Wildman–Crippen MR) is 60.7 cm³/mol. The van der Waals surface area contributed by atoms with Crippen LogP contribution in [0.15, 0.2) is 22.8 Å². The molecule has 0 radical (unpaired) electrons. The number of thiol groups is 1. The van der Waals surface area contributed by atoms with Crippen molar-refractivity contribution >= 4 is 12.6 Å². The van der Waals surface area contributed by atoms with Crippen molar-refractivity contribution in [1.82, 2.24) is 0 Å². The van der Waals surface area contributed by atoms with E-state index in [-0.39, 0.29) is 0 Å². The maximum absolute atomic E-state index is 5.45. The highest BCUT2D eigenvalue weighted by atomic mass is 32.1. The molecule has 0 aliphatic heterocycles. The van der Waals surface area contributed by atoms with Crippen molar-refractivity contribution in [3.05, 3.63) is 24.2 Å². The molecule has 0 spiro atoms. The highest BCUT2D eigenvalue weighted by molar-refractivity contribution is 7.80. The van der Waals surface area contributed by atoms with Crippen molar-refractivity contribution in [3.63, 3.8) is 0 Å². The average molecular weight is 214 g/mol. The molecule has 0 amide bonds. The zero-order chi connectivity index (χ0) is 10.1. The van der Waals surface area contributed by atoms with E-state index in [1.165, 1.54) is 19.3 Å². The van der Waals surface area contributed by atoms with Gasteiger partial charge in [0.2, 0.25) is 0 Å². The molecule has 0 aliphatic carbocycles. The first-order chi connectivity index (χ1) is 6.93. The van der Waals surface area contributed by atoms with Gasteiger partial charge in [-0.2, -0.15) is 12.6 Å². The second-order valence-corrected chi connectivity index (χ2v) is 3.72. The van der Waals surface area contributed by atoms with Crippen LogP contribution in [0.25, 0.3) is 0 Å². The van der Waals surface area contributed by atoms with Gasteiger partial charge in [0, 0.05) is 6.61 Å². The van der Waals surface area contributed by atoms with Crippen LogP contribution >= 0.6 is 12.6 Å². The molecule has 0 bridgehead atoms. The van der Waals surface area contributed by atoms with E-state index in [0.717, 1.165) is 24.5 Å². The number of hydrogen-bond acceptors (Lipinski definition) is 3. The molecular formula is C11H18O2S. The smallest absolute Gasteiger partial charge is 0.129 e. The molecule has 1 aromatic rings. The van der Waals surface area contributed by atoms with Crippen molar-refractivity contribution < 1.29 is 9.15 Å². The summed E-state index contributed by atoms with van der Waals surface area (Å²) in [5.74, 6) is 1.90. The number of ether oxygens (including phenoxy) is 1. The maximum atomic E-state index is 5.45. The lowest BCUT2D eigenvalue weighted by Gasteiger charge is -2.01. The average Bonchev–Trinajstić information content (AvgIpc) is 2.69. The van der Waals surface area contributed by atoms with E-state index in [4.69, 9.17) is 9.15 Å². The van der Waals surface area contributed by atoms with E-state index in [0.29, 0.717) is 6.61 Å². The summed E-state index contributed by atoms with van der Waals surface area (Å²) in [5, 5.41) is 0. The first-order valence-corrected chi connectivity index (χ1v) is 5.77. The molecule has 80 valence electrons. The van der Waals surface area contributed by atoms with Crippen LogP contribution < -0.4 is 0 Å². The summed E-state index contributed by atoms with van der Waals surface area (Å²) in [6.45, 7) is 1.42. The molecule has 1 aromatic heterocycles. The van der Waals surface area contributed by atoms with E-state index in [9.17, 15) is 0 Å². The predicted octanol–water partition coefficient (Wildman–Crippen LogP) is 3.29. The fourth-order valence-electron chi connectivity index (χ4n) is 1.24. The molecule has 0 aliphatic rings. The van der Waals surface area contributed by atoms with Gasteiger partial charge in [0.25, 0.3) is 0 Å². The molecule has 0 fully saturated rings. The molecule has 0 unspecified atom stereocenters. The number of furan rings is 1. The fraction of sp³-hybridized carbons (Fsp3) is 0.636. The van der Waals surface area contributed by atoms with Gasteiger partial charge in [-0.3, -0.25) is 0 Å². The summed E-state index contributed by atoms with van der Waals surface area (Å²) in [4.78, 5) is 0. The second-order valence-electron chi connectivity index (χ2n) is 3.27. The standard InChI is InChI=1S/C11H18O2S/c14-9-4-2-1-3-7-12-10-11-6-5-8-13-11/h5-6,8,14H,1-4,7,9-10H2. The first kappa shape index (κ1) is 11.7. The normalized spacial score (nSPS) is 10.6. The summed E-state index contributed by atoms with van der Waals surface area (Å²) in [6.07, 6.45) is 6.51. The minimum Gasteiger partial charge on any atom is -0.467 e. The van der Waals surface area contributed by atoms with E-state index < -0.39 is 0 Å². The van der Waals surface area contributed by atoms with Gasteiger partial charge >= 0.3 is 0 Å². The molecule has 0 aromatic carbocycles. The van der Waals surface area contributed by atoms with Crippen LogP contribution in [0.2, 0.25) is 0 Å². The lowest BCUT2D eigenvalue weighted by Crippen LogP contribution is -1.94. The summed E-state index contributed by atoms with van der Waals surface area (Å²) < 4.78 is 10.6. The van der Waals surface area contributed by atoms with Gasteiger partial charge in [0.1, 0.15) is 12.4 Å². The van der Waals surface area contributed by atoms with Crippen LogP contribution in [0.5, 0.6) is 0 Å². The highest BCUT2D eigenvalue weighted by Gasteiger charge is 1.95. The maximum Gasteiger partial charge on any atom is 0.129 e. The fourth-order valence-corrected chi connectivity index (χ4v) is 1.46. The summed E-state index contributed by atoms with van der Waals surface area (Å²) in [6, 6.07) is 3.81. The SMILES string of the molecule is SCCCCCCOCc1ccco1. The van der Waals surface area contributed by atoms with Crippen LogP contribution in [0.4, 0.5) is 0 Å². The molecule has 14 heavy (non-hydrogen) atoms. The molecule has 1 heterocycles. The summed E-state index contributed by atoms with van der Waals surface area (Å²) in [7, 11) is 0. The summed E-state index contributed by atoms with van der Waals surface area (Å²) >= 11 is 4.16. The molecule has 0 saturated heterocycles. The third kappa shape index (κ3) is 5.35. The largest absolute Gasteiger partial charge is 0.467 e. The molecular weight excluding hydrogens is 196 g/mol. The van der Waals surface area contributed by atoms with Gasteiger partial charge < -0.3 is 9.15 Å². The van der Waals surface area contributed by atoms with Gasteiger partial charge in [0.15, 0.2) is 0 Å². The first-order valence-electron chi connectivity index (χ1n) is 5.14. The number of unbranched alkanes of at least 4 members (excludes halogenated alkanes) is 3. The van der Waals surface area contributed by atoms with E-state index in [2.05, 4.69) is 12.6 Å². The molecule has 1 rings (SSSR count). The minimum atomic E-state index is 0.597. The van der Waals surface area contributed by atoms with Crippen molar-refractivity contribution in [2.45, 2.75) is 32.3 Å². The van der Waals surface area contributed by atoms with Crippen LogP contribution in [-0.2, 0) is 11.3 Å². The highest BCUT2D eigenvalue weighted by Crippen LogP contribution is 2.04. The van der Waals surface area contributed by atoms with Crippen LogP contribution in [0.1, 0.15) is 31.4 Å². The Bertz CT molecular complexity index is 209. The zero-order valence-electron chi connectivity index (χ0n) is 8.45. The monoisotopic (exact) mass is 214 g/mol. The minimum absolute atomic E-state index is 0.597. The third-order valence-corrected chi connectivity index (χ3v) is 2.34. The third-order valence-electron chi connectivity index (χ3n) is 2.02. The lowest BCUT2D eigenvalue weighted by molar-refractivity contribution is 0.102. The molecule has 3 heteroatoms.